The van der Waals surface area contributed by atoms with Gasteiger partial charge in [0.25, 0.3) is 11.5 Å². The molecule has 26 heavy (non-hydrogen) atoms. The van der Waals surface area contributed by atoms with Crippen molar-refractivity contribution < 1.29 is 20.1 Å². The lowest BCUT2D eigenvalue weighted by molar-refractivity contribution is 0.0998. The molecule has 0 radical (unpaired) electrons. The fraction of sp³-hybridized carbons (Fsp3) is 0.471. The molecule has 1 heterocycles. The molecule has 9 heteroatoms. The number of H-pyrrole nitrogens is 1. The summed E-state index contributed by atoms with van der Waals surface area (Å²) in [5.41, 5.74) is 3.60. The molecule has 0 fully saturated rings. The van der Waals surface area contributed by atoms with Gasteiger partial charge >= 0.3 is 0 Å². The van der Waals surface area contributed by atoms with Crippen molar-refractivity contribution in [2.24, 2.45) is 5.73 Å². The largest absolute Gasteiger partial charge is 0.504 e. The van der Waals surface area contributed by atoms with Crippen LogP contribution in [0.15, 0.2) is 4.79 Å². The molecule has 0 bridgehead atoms. The maximum absolute atomic E-state index is 12.4. The Hall–Kier alpha value is -2.81. The van der Waals surface area contributed by atoms with Gasteiger partial charge in [0.1, 0.15) is 11.3 Å². The number of nitrogens with zero attached hydrogens (tertiary/aromatic N) is 2. The molecule has 0 atom stereocenters. The highest BCUT2D eigenvalue weighted by molar-refractivity contribution is 6.10. The van der Waals surface area contributed by atoms with E-state index >= 15 is 0 Å². The Morgan fingerprint density at radius 2 is 1.69 bits per heavy atom. The molecule has 1 aromatic carbocycles. The van der Waals surface area contributed by atoms with E-state index in [0.29, 0.717) is 13.0 Å². The van der Waals surface area contributed by atoms with Crippen LogP contribution in [0, 0.1) is 0 Å². The van der Waals surface area contributed by atoms with Crippen LogP contribution in [-0.2, 0) is 6.42 Å². The first-order valence-electron chi connectivity index (χ1n) is 8.31. The zero-order valence-electron chi connectivity index (χ0n) is 15.2. The van der Waals surface area contributed by atoms with E-state index in [9.17, 15) is 24.9 Å². The second-order valence-corrected chi connectivity index (χ2v) is 6.70. The average molecular weight is 364 g/mol. The molecule has 6 N–H and O–H groups in total. The van der Waals surface area contributed by atoms with Gasteiger partial charge in [-0.25, -0.2) is 4.98 Å². The standard InChI is InChI=1S/C17H24N4O5/c1-7(2)21(8(3)4)6-5-9-19-12-10(17(26)20-9)11(16(18)25)13(22)15(24)14(12)23/h7-8,22-24H,5-6H2,1-4H3,(H2,18,25)(H,19,20,26). The molecule has 142 valence electrons. The van der Waals surface area contributed by atoms with Gasteiger partial charge in [0.15, 0.2) is 11.5 Å². The van der Waals surface area contributed by atoms with Crippen LogP contribution in [0.5, 0.6) is 17.2 Å². The van der Waals surface area contributed by atoms with E-state index in [1.807, 2.05) is 0 Å². The molecule has 2 aromatic rings. The number of fused-ring (bicyclic) bond motifs is 1. The number of phenolic OH excluding ortho intramolecular Hbond substituents is 2. The lowest BCUT2D eigenvalue weighted by atomic mass is 10.1. The number of amides is 1. The van der Waals surface area contributed by atoms with E-state index in [0.717, 1.165) is 0 Å². The van der Waals surface area contributed by atoms with Crippen LogP contribution in [0.25, 0.3) is 10.9 Å². The third kappa shape index (κ3) is 3.43. The molecule has 0 aliphatic carbocycles. The van der Waals surface area contributed by atoms with Crippen LogP contribution >= 0.6 is 0 Å². The molecule has 2 rings (SSSR count). The number of hydrogen-bond donors (Lipinski definition) is 5. The van der Waals surface area contributed by atoms with Crippen LogP contribution in [-0.4, -0.2) is 54.7 Å². The topological polar surface area (TPSA) is 153 Å². The Labute approximate surface area is 150 Å². The van der Waals surface area contributed by atoms with E-state index in [1.54, 1.807) is 0 Å². The Balaban J connectivity index is 2.57. The second-order valence-electron chi connectivity index (χ2n) is 6.70. The average Bonchev–Trinajstić information content (AvgIpc) is 2.53. The molecular weight excluding hydrogens is 340 g/mol. The minimum atomic E-state index is -1.12. The number of nitrogens with one attached hydrogen (secondary N) is 1. The summed E-state index contributed by atoms with van der Waals surface area (Å²) in [6, 6.07) is 0.580. The zero-order valence-corrected chi connectivity index (χ0v) is 15.2. The molecule has 9 nitrogen and oxygen atoms in total. The minimum Gasteiger partial charge on any atom is -0.504 e. The Morgan fingerprint density at radius 3 is 2.19 bits per heavy atom. The van der Waals surface area contributed by atoms with Crippen LogP contribution in [0.1, 0.15) is 43.9 Å². The van der Waals surface area contributed by atoms with Crippen molar-refractivity contribution in [1.29, 1.82) is 0 Å². The van der Waals surface area contributed by atoms with Gasteiger partial charge < -0.3 is 26.0 Å². The number of aromatic amines is 1. The van der Waals surface area contributed by atoms with Crippen molar-refractivity contribution in [2.45, 2.75) is 46.2 Å². The molecule has 0 saturated carbocycles. The van der Waals surface area contributed by atoms with E-state index in [2.05, 4.69) is 42.6 Å². The zero-order chi connectivity index (χ0) is 19.8. The maximum Gasteiger partial charge on any atom is 0.259 e. The third-order valence-corrected chi connectivity index (χ3v) is 4.31. The smallest absolute Gasteiger partial charge is 0.259 e. The summed E-state index contributed by atoms with van der Waals surface area (Å²) < 4.78 is 0. The second kappa shape index (κ2) is 7.20. The molecule has 0 aliphatic heterocycles. The molecule has 0 aliphatic rings. The Morgan fingerprint density at radius 1 is 1.12 bits per heavy atom. The van der Waals surface area contributed by atoms with E-state index < -0.39 is 34.3 Å². The fourth-order valence-corrected chi connectivity index (χ4v) is 3.09. The van der Waals surface area contributed by atoms with Crippen LogP contribution < -0.4 is 11.3 Å². The molecular formula is C17H24N4O5. The van der Waals surface area contributed by atoms with Crippen molar-refractivity contribution >= 4 is 16.8 Å². The van der Waals surface area contributed by atoms with Gasteiger partial charge in [0.05, 0.1) is 10.9 Å². The van der Waals surface area contributed by atoms with Gasteiger partial charge in [-0.1, -0.05) is 0 Å². The number of aromatic nitrogens is 2. The SMILES string of the molecule is CC(C)N(CCc1nc2c(O)c(O)c(O)c(C(N)=O)c2c(=O)[nH]1)C(C)C. The molecule has 0 unspecified atom stereocenters. The summed E-state index contributed by atoms with van der Waals surface area (Å²) in [5, 5.41) is 29.3. The van der Waals surface area contributed by atoms with Gasteiger partial charge in [-0.15, -0.1) is 0 Å². The van der Waals surface area contributed by atoms with Gasteiger partial charge in [0.2, 0.25) is 5.75 Å². The van der Waals surface area contributed by atoms with Crippen molar-refractivity contribution in [3.63, 3.8) is 0 Å². The lowest BCUT2D eigenvalue weighted by Gasteiger charge is -2.30. The molecule has 1 aromatic heterocycles. The molecule has 1 amide bonds. The molecule has 0 spiro atoms. The predicted molar refractivity (Wildman–Crippen MR) is 96.6 cm³/mol. The van der Waals surface area contributed by atoms with Gasteiger partial charge in [-0.2, -0.15) is 0 Å². The highest BCUT2D eigenvalue weighted by atomic mass is 16.3. The summed E-state index contributed by atoms with van der Waals surface area (Å²) in [6.45, 7) is 8.84. The molecule has 0 saturated heterocycles. The number of carbonyl (C=O) groups excluding carboxylic acids is 1. The van der Waals surface area contributed by atoms with Crippen LogP contribution in [0.3, 0.4) is 0 Å². The summed E-state index contributed by atoms with van der Waals surface area (Å²) in [6.07, 6.45) is 0.383. The first kappa shape index (κ1) is 19.5. The van der Waals surface area contributed by atoms with E-state index in [-0.39, 0.29) is 28.8 Å². The number of phenols is 3. The number of nitrogens with two attached hydrogens (primary N) is 1. The highest BCUT2D eigenvalue weighted by Gasteiger charge is 2.25. The Kier molecular flexibility index (Phi) is 5.41. The van der Waals surface area contributed by atoms with Gasteiger partial charge in [-0.05, 0) is 27.7 Å². The summed E-state index contributed by atoms with van der Waals surface area (Å²) in [7, 11) is 0. The van der Waals surface area contributed by atoms with Crippen molar-refractivity contribution in [2.75, 3.05) is 6.54 Å². The predicted octanol–water partition coefficient (Wildman–Crippen LogP) is 0.800. The number of hydrogen-bond acceptors (Lipinski definition) is 7. The fourth-order valence-electron chi connectivity index (χ4n) is 3.09. The normalized spacial score (nSPS) is 11.8. The number of rotatable bonds is 6. The van der Waals surface area contributed by atoms with E-state index in [1.165, 1.54) is 0 Å². The van der Waals surface area contributed by atoms with Crippen molar-refractivity contribution in [1.82, 2.24) is 14.9 Å². The third-order valence-electron chi connectivity index (χ3n) is 4.31. The first-order chi connectivity index (χ1) is 12.1. The minimum absolute atomic E-state index is 0.282. The summed E-state index contributed by atoms with van der Waals surface area (Å²) in [5.74, 6) is -3.51. The van der Waals surface area contributed by atoms with Gasteiger partial charge in [-0.3, -0.25) is 14.5 Å². The summed E-state index contributed by atoms with van der Waals surface area (Å²) in [4.78, 5) is 32.9. The maximum atomic E-state index is 12.4. The van der Waals surface area contributed by atoms with E-state index in [4.69, 9.17) is 5.73 Å². The number of carbonyl (C=O) groups is 1. The number of primary amides is 1. The Bertz CT molecular complexity index is 896. The first-order valence-corrected chi connectivity index (χ1v) is 8.31. The quantitative estimate of drug-likeness (QED) is 0.475. The van der Waals surface area contributed by atoms with Gasteiger partial charge in [0, 0.05) is 25.0 Å². The van der Waals surface area contributed by atoms with Crippen molar-refractivity contribution in [3.05, 3.63) is 21.7 Å². The number of aromatic hydroxyl groups is 3. The highest BCUT2D eigenvalue weighted by Crippen LogP contribution is 2.42. The number of benzene rings is 1. The monoisotopic (exact) mass is 364 g/mol. The lowest BCUT2D eigenvalue weighted by Crippen LogP contribution is -2.38. The van der Waals surface area contributed by atoms with Crippen LogP contribution in [0.4, 0.5) is 0 Å². The van der Waals surface area contributed by atoms with Crippen LogP contribution in [0.2, 0.25) is 0 Å². The summed E-state index contributed by atoms with van der Waals surface area (Å²) >= 11 is 0. The van der Waals surface area contributed by atoms with Crippen molar-refractivity contribution in [3.8, 4) is 17.2 Å².